The molecule has 0 aliphatic carbocycles. The van der Waals surface area contributed by atoms with Gasteiger partial charge in [-0.05, 0) is 73.5 Å². The summed E-state index contributed by atoms with van der Waals surface area (Å²) in [5.41, 5.74) is 1.82. The molecule has 0 saturated carbocycles. The van der Waals surface area contributed by atoms with Crippen molar-refractivity contribution in [1.82, 2.24) is 0 Å². The van der Waals surface area contributed by atoms with E-state index in [-0.39, 0.29) is 28.5 Å². The molecule has 6 nitrogen and oxygen atoms in total. The fraction of sp³-hybridized carbons (Fsp3) is 0.148. The fourth-order valence-corrected chi connectivity index (χ4v) is 4.85. The summed E-state index contributed by atoms with van der Waals surface area (Å²) in [6, 6.07) is 18.5. The number of ether oxygens (including phenoxy) is 1. The van der Waals surface area contributed by atoms with Gasteiger partial charge in [-0.1, -0.05) is 54.0 Å². The van der Waals surface area contributed by atoms with Crippen molar-refractivity contribution in [3.05, 3.63) is 98.5 Å². The summed E-state index contributed by atoms with van der Waals surface area (Å²) < 4.78 is 5.28. The second-order valence-corrected chi connectivity index (χ2v) is 9.90. The zero-order chi connectivity index (χ0) is 25.8. The van der Waals surface area contributed by atoms with Crippen molar-refractivity contribution < 1.29 is 19.1 Å². The number of benzene rings is 3. The van der Waals surface area contributed by atoms with Crippen LogP contribution in [0.3, 0.4) is 0 Å². The summed E-state index contributed by atoms with van der Waals surface area (Å²) in [7, 11) is 0. The van der Waals surface area contributed by atoms with Crippen LogP contribution in [-0.4, -0.2) is 24.4 Å². The molecule has 3 aromatic carbocycles. The lowest BCUT2D eigenvalue weighted by Crippen LogP contribution is -2.33. The third-order valence-corrected chi connectivity index (χ3v) is 6.90. The number of nitrogens with one attached hydrogen (secondary N) is 1. The van der Waals surface area contributed by atoms with Crippen LogP contribution in [0.4, 0.5) is 11.4 Å². The van der Waals surface area contributed by atoms with Gasteiger partial charge < -0.3 is 10.1 Å². The number of anilines is 2. The van der Waals surface area contributed by atoms with Gasteiger partial charge >= 0.3 is 5.97 Å². The number of halogens is 2. The van der Waals surface area contributed by atoms with Crippen molar-refractivity contribution in [1.29, 1.82) is 0 Å². The Kier molecular flexibility index (Phi) is 8.04. The van der Waals surface area contributed by atoms with Gasteiger partial charge in [0.25, 0.3) is 11.8 Å². The number of imide groups is 1. The van der Waals surface area contributed by atoms with E-state index in [1.54, 1.807) is 60.7 Å². The molecule has 2 amide bonds. The molecule has 0 atom stereocenters. The number of hydrogen-bond donors (Lipinski definition) is 1. The zero-order valence-corrected chi connectivity index (χ0v) is 21.8. The Hall–Kier alpha value is -3.26. The number of aryl methyl sites for hydroxylation is 1. The summed E-state index contributed by atoms with van der Waals surface area (Å²) in [4.78, 5) is 42.1. The second-order valence-electron chi connectivity index (χ2n) is 7.94. The first-order chi connectivity index (χ1) is 17.3. The highest BCUT2D eigenvalue weighted by Crippen LogP contribution is 2.39. The summed E-state index contributed by atoms with van der Waals surface area (Å²) in [6.45, 7) is 3.96. The molecule has 0 bridgehead atoms. The molecule has 0 aromatic heterocycles. The molecule has 1 aliphatic heterocycles. The summed E-state index contributed by atoms with van der Waals surface area (Å²) in [6.07, 6.45) is 0.646. The van der Waals surface area contributed by atoms with Crippen molar-refractivity contribution in [2.75, 3.05) is 16.8 Å². The molecule has 0 unspecified atom stereocenters. The molecule has 0 spiro atoms. The maximum atomic E-state index is 13.7. The first-order valence-electron chi connectivity index (χ1n) is 11.2. The van der Waals surface area contributed by atoms with Crippen LogP contribution in [-0.2, 0) is 14.3 Å². The molecule has 3 aromatic rings. The Morgan fingerprint density at radius 1 is 0.972 bits per heavy atom. The van der Waals surface area contributed by atoms with Gasteiger partial charge in [-0.3, -0.25) is 9.59 Å². The Morgan fingerprint density at radius 2 is 1.67 bits per heavy atom. The Balaban J connectivity index is 1.77. The number of para-hydroxylation sites is 1. The van der Waals surface area contributed by atoms with Crippen LogP contribution in [0.2, 0.25) is 10.0 Å². The number of rotatable bonds is 8. The van der Waals surface area contributed by atoms with E-state index in [4.69, 9.17) is 27.9 Å². The lowest BCUT2D eigenvalue weighted by molar-refractivity contribution is -0.120. The van der Waals surface area contributed by atoms with E-state index in [9.17, 15) is 14.4 Å². The Bertz CT molecular complexity index is 1370. The number of carbonyl (C=O) groups is 3. The van der Waals surface area contributed by atoms with Crippen molar-refractivity contribution in [2.45, 2.75) is 25.2 Å². The number of esters is 1. The van der Waals surface area contributed by atoms with Crippen molar-refractivity contribution in [3.63, 3.8) is 0 Å². The van der Waals surface area contributed by atoms with Gasteiger partial charge in [0, 0.05) is 20.6 Å². The number of thioether (sulfide) groups is 1. The van der Waals surface area contributed by atoms with Gasteiger partial charge in [-0.15, -0.1) is 0 Å². The van der Waals surface area contributed by atoms with Crippen LogP contribution in [0.15, 0.2) is 82.2 Å². The van der Waals surface area contributed by atoms with Crippen molar-refractivity contribution >= 4 is 64.1 Å². The predicted molar refractivity (Wildman–Crippen MR) is 144 cm³/mol. The normalized spacial score (nSPS) is 13.4. The summed E-state index contributed by atoms with van der Waals surface area (Å²) in [5.74, 6) is -1.73. The van der Waals surface area contributed by atoms with Crippen LogP contribution in [0, 0.1) is 6.92 Å². The molecule has 184 valence electrons. The maximum Gasteiger partial charge on any atom is 0.340 e. The highest BCUT2D eigenvalue weighted by molar-refractivity contribution is 8.04. The standard InChI is InChI=1S/C27H22Cl2N2O4S/c1-3-14-35-27(34)20-6-4-5-7-22(20)31-25(32)23(30-21-13-10-18(29)15-16(21)2)24(26(31)33)36-19-11-8-17(28)9-12-19/h4-13,15,30H,3,14H2,1-2H3. The average molecular weight is 541 g/mol. The van der Waals surface area contributed by atoms with Crippen LogP contribution < -0.4 is 10.2 Å². The van der Waals surface area contributed by atoms with Gasteiger partial charge in [-0.25, -0.2) is 9.69 Å². The molecule has 0 saturated heterocycles. The Morgan fingerprint density at radius 3 is 2.36 bits per heavy atom. The SMILES string of the molecule is CCCOC(=O)c1ccccc1N1C(=O)C(Nc2ccc(Cl)cc2C)=C(Sc2ccc(Cl)cc2)C1=O. The minimum absolute atomic E-state index is 0.0992. The van der Waals surface area contributed by atoms with E-state index in [2.05, 4.69) is 5.32 Å². The molecule has 0 fully saturated rings. The van der Waals surface area contributed by atoms with E-state index in [1.165, 1.54) is 6.07 Å². The van der Waals surface area contributed by atoms with Gasteiger partial charge in [0.1, 0.15) is 10.6 Å². The van der Waals surface area contributed by atoms with Crippen LogP contribution in [0.25, 0.3) is 0 Å². The molecule has 1 N–H and O–H groups in total. The maximum absolute atomic E-state index is 13.7. The fourth-order valence-electron chi connectivity index (χ4n) is 3.57. The molecule has 1 heterocycles. The number of hydrogen-bond acceptors (Lipinski definition) is 6. The van der Waals surface area contributed by atoms with Gasteiger partial charge in [0.2, 0.25) is 0 Å². The Labute approximate surface area is 223 Å². The van der Waals surface area contributed by atoms with Crippen molar-refractivity contribution in [2.24, 2.45) is 0 Å². The van der Waals surface area contributed by atoms with E-state index in [1.807, 2.05) is 13.8 Å². The minimum atomic E-state index is -0.602. The smallest absolute Gasteiger partial charge is 0.340 e. The predicted octanol–water partition coefficient (Wildman–Crippen LogP) is 6.86. The zero-order valence-electron chi connectivity index (χ0n) is 19.5. The summed E-state index contributed by atoms with van der Waals surface area (Å²) >= 11 is 13.2. The highest BCUT2D eigenvalue weighted by atomic mass is 35.5. The molecular weight excluding hydrogens is 519 g/mol. The van der Waals surface area contributed by atoms with Crippen molar-refractivity contribution in [3.8, 4) is 0 Å². The highest BCUT2D eigenvalue weighted by Gasteiger charge is 2.42. The quantitative estimate of drug-likeness (QED) is 0.248. The molecule has 1 aliphatic rings. The summed E-state index contributed by atoms with van der Waals surface area (Å²) in [5, 5.41) is 4.23. The van der Waals surface area contributed by atoms with E-state index < -0.39 is 17.8 Å². The van der Waals surface area contributed by atoms with E-state index >= 15 is 0 Å². The molecule has 4 rings (SSSR count). The first-order valence-corrected chi connectivity index (χ1v) is 12.7. The van der Waals surface area contributed by atoms with E-state index in [0.717, 1.165) is 27.1 Å². The lowest BCUT2D eigenvalue weighted by Gasteiger charge is -2.18. The minimum Gasteiger partial charge on any atom is -0.462 e. The number of carbonyl (C=O) groups excluding carboxylic acids is 3. The largest absolute Gasteiger partial charge is 0.462 e. The third-order valence-electron chi connectivity index (χ3n) is 5.33. The molecule has 36 heavy (non-hydrogen) atoms. The van der Waals surface area contributed by atoms with Crippen LogP contribution in [0.1, 0.15) is 29.3 Å². The van der Waals surface area contributed by atoms with Crippen LogP contribution in [0.5, 0.6) is 0 Å². The third kappa shape index (κ3) is 5.43. The molecule has 9 heteroatoms. The second kappa shape index (κ2) is 11.2. The first kappa shape index (κ1) is 25.8. The van der Waals surface area contributed by atoms with Gasteiger partial charge in [0.05, 0.1) is 17.9 Å². The van der Waals surface area contributed by atoms with E-state index in [0.29, 0.717) is 22.2 Å². The lowest BCUT2D eigenvalue weighted by atomic mass is 10.1. The number of amides is 2. The average Bonchev–Trinajstić information content (AvgIpc) is 3.09. The topological polar surface area (TPSA) is 75.7 Å². The molecular formula is C27H22Cl2N2O4S. The molecule has 0 radical (unpaired) electrons. The van der Waals surface area contributed by atoms with Crippen LogP contribution >= 0.6 is 35.0 Å². The number of nitrogens with zero attached hydrogens (tertiary/aromatic N) is 1. The van der Waals surface area contributed by atoms with Gasteiger partial charge in [-0.2, -0.15) is 0 Å². The van der Waals surface area contributed by atoms with Gasteiger partial charge in [0.15, 0.2) is 0 Å². The monoisotopic (exact) mass is 540 g/mol.